The van der Waals surface area contributed by atoms with E-state index in [-0.39, 0.29) is 22.7 Å². The van der Waals surface area contributed by atoms with Crippen molar-refractivity contribution >= 4 is 38.4 Å². The number of carbonyl (C=O) groups is 2. The Morgan fingerprint density at radius 2 is 1.68 bits per heavy atom. The van der Waals surface area contributed by atoms with Gasteiger partial charge in [-0.05, 0) is 75.7 Å². The average Bonchev–Trinajstić information content (AvgIpc) is 3.42. The van der Waals surface area contributed by atoms with Gasteiger partial charge in [-0.3, -0.25) is 9.59 Å². The fourth-order valence-electron chi connectivity index (χ4n) is 4.82. The first-order valence-electron chi connectivity index (χ1n) is 14.6. The van der Waals surface area contributed by atoms with E-state index < -0.39 is 52.2 Å². The van der Waals surface area contributed by atoms with Gasteiger partial charge >= 0.3 is 6.18 Å². The number of sulfonamides is 1. The van der Waals surface area contributed by atoms with Crippen molar-refractivity contribution in [1.29, 1.82) is 0 Å². The number of carbonyl (C=O) groups excluding carboxylic acids is 2. The monoisotopic (exact) mass is 674 g/mol. The number of halogens is 3. The molecule has 0 saturated heterocycles. The van der Waals surface area contributed by atoms with Gasteiger partial charge in [0.05, 0.1) is 35.4 Å². The van der Waals surface area contributed by atoms with Gasteiger partial charge in [0.1, 0.15) is 5.54 Å². The number of rotatable bonds is 12. The van der Waals surface area contributed by atoms with Crippen molar-refractivity contribution < 1.29 is 36.3 Å². The first kappa shape index (κ1) is 35.4. The molecule has 252 valence electrons. The summed E-state index contributed by atoms with van der Waals surface area (Å²) in [4.78, 5) is 24.4. The zero-order valence-corrected chi connectivity index (χ0v) is 27.3. The molecule has 4 rings (SSSR count). The highest BCUT2D eigenvalue weighted by molar-refractivity contribution is 7.89. The quantitative estimate of drug-likeness (QED) is 0.176. The van der Waals surface area contributed by atoms with Crippen LogP contribution in [0.4, 0.5) is 18.9 Å². The third-order valence-corrected chi connectivity index (χ3v) is 9.71. The molecule has 1 heterocycles. The normalized spacial score (nSPS) is 13.8. The molecule has 0 saturated carbocycles. The van der Waals surface area contributed by atoms with E-state index in [1.807, 2.05) is 0 Å². The van der Waals surface area contributed by atoms with E-state index in [0.29, 0.717) is 26.5 Å². The van der Waals surface area contributed by atoms with Gasteiger partial charge in [0, 0.05) is 23.2 Å². The Kier molecular flexibility index (Phi) is 9.76. The number of primary amides is 1. The standard InChI is InChI=1S/C32H37F3N6O5S/c1-6-40(47(45,46)24-12-10-20(2)11-13-24)19-31(44,32(33,34)35)18-37-26-14-21(3)15-27-25(26)17-38-41(27)23-9-7-8-22(16-23)28(42)39-30(4,5)29(36)43/h7-17,37,44H,6,18-19H2,1-5H3,(H2,36,43)(H,39,42). The van der Waals surface area contributed by atoms with Crippen molar-refractivity contribution in [3.05, 3.63) is 83.6 Å². The second kappa shape index (κ2) is 13.0. The van der Waals surface area contributed by atoms with E-state index in [4.69, 9.17) is 5.73 Å². The number of aromatic nitrogens is 2. The summed E-state index contributed by atoms with van der Waals surface area (Å²) in [5.74, 6) is -1.27. The Morgan fingerprint density at radius 3 is 2.28 bits per heavy atom. The molecule has 4 aromatic rings. The molecule has 0 spiro atoms. The Balaban J connectivity index is 1.65. The number of nitrogens with two attached hydrogens (primary N) is 1. The van der Waals surface area contributed by atoms with E-state index in [9.17, 15) is 36.3 Å². The fourth-order valence-corrected chi connectivity index (χ4v) is 6.32. The fraction of sp³-hybridized carbons (Fsp3) is 0.344. The second-order valence-electron chi connectivity index (χ2n) is 11.9. The number of nitrogens with zero attached hydrogens (tertiary/aromatic N) is 3. The van der Waals surface area contributed by atoms with E-state index in [1.165, 1.54) is 68.0 Å². The summed E-state index contributed by atoms with van der Waals surface area (Å²) >= 11 is 0. The van der Waals surface area contributed by atoms with Crippen LogP contribution in [0.25, 0.3) is 16.6 Å². The van der Waals surface area contributed by atoms with Crippen molar-refractivity contribution in [1.82, 2.24) is 19.4 Å². The average molecular weight is 675 g/mol. The van der Waals surface area contributed by atoms with Crippen molar-refractivity contribution in [3.8, 4) is 5.69 Å². The molecule has 0 radical (unpaired) electrons. The van der Waals surface area contributed by atoms with Crippen LogP contribution in [-0.4, -0.2) is 76.4 Å². The molecule has 47 heavy (non-hydrogen) atoms. The highest BCUT2D eigenvalue weighted by atomic mass is 32.2. The molecular formula is C32H37F3N6O5S. The lowest BCUT2D eigenvalue weighted by Crippen LogP contribution is -2.58. The van der Waals surface area contributed by atoms with Gasteiger partial charge in [0.2, 0.25) is 15.9 Å². The van der Waals surface area contributed by atoms with Crippen molar-refractivity contribution in [2.45, 2.75) is 56.8 Å². The molecule has 0 aliphatic rings. The number of fused-ring (bicyclic) bond motifs is 1. The summed E-state index contributed by atoms with van der Waals surface area (Å²) < 4.78 is 71.9. The minimum absolute atomic E-state index is 0.187. The molecule has 0 fully saturated rings. The Hall–Kier alpha value is -4.47. The number of likely N-dealkylation sites (N-methyl/N-ethyl adjacent to an activating group) is 1. The molecular weight excluding hydrogens is 637 g/mol. The van der Waals surface area contributed by atoms with E-state index >= 15 is 0 Å². The molecule has 1 unspecified atom stereocenters. The first-order valence-corrected chi connectivity index (χ1v) is 16.0. The molecule has 0 aliphatic heterocycles. The number of aliphatic hydroxyl groups is 1. The SMILES string of the molecule is CCN(CC(O)(CNc1cc(C)cc2c1cnn2-c1cccc(C(=O)NC(C)(C)C(N)=O)c1)C(F)(F)F)S(=O)(=O)c1ccc(C)cc1. The minimum atomic E-state index is -5.20. The maximum Gasteiger partial charge on any atom is 0.420 e. The smallest absolute Gasteiger partial charge is 0.381 e. The number of anilines is 1. The van der Waals surface area contributed by atoms with Gasteiger partial charge in [-0.1, -0.05) is 30.7 Å². The summed E-state index contributed by atoms with van der Waals surface area (Å²) in [6.07, 6.45) is -3.78. The zero-order chi connectivity index (χ0) is 34.9. The molecule has 0 aliphatic carbocycles. The van der Waals surface area contributed by atoms with Crippen LogP contribution in [0.2, 0.25) is 0 Å². The van der Waals surface area contributed by atoms with Crippen LogP contribution < -0.4 is 16.4 Å². The second-order valence-corrected chi connectivity index (χ2v) is 13.9. The molecule has 11 nitrogen and oxygen atoms in total. The van der Waals surface area contributed by atoms with Crippen LogP contribution in [0.1, 0.15) is 42.3 Å². The number of benzene rings is 3. The van der Waals surface area contributed by atoms with Gasteiger partial charge in [0.15, 0.2) is 5.60 Å². The van der Waals surface area contributed by atoms with Gasteiger partial charge in [-0.25, -0.2) is 13.1 Å². The van der Waals surface area contributed by atoms with Crippen LogP contribution in [-0.2, 0) is 14.8 Å². The number of hydrogen-bond acceptors (Lipinski definition) is 7. The van der Waals surface area contributed by atoms with E-state index in [0.717, 1.165) is 5.56 Å². The van der Waals surface area contributed by atoms with Crippen molar-refractivity contribution in [2.24, 2.45) is 5.73 Å². The third kappa shape index (κ3) is 7.42. The third-order valence-electron chi connectivity index (χ3n) is 7.78. The van der Waals surface area contributed by atoms with Crippen LogP contribution in [0.3, 0.4) is 0 Å². The molecule has 0 bridgehead atoms. The number of amides is 2. The van der Waals surface area contributed by atoms with E-state index in [2.05, 4.69) is 15.7 Å². The Morgan fingerprint density at radius 1 is 1.02 bits per heavy atom. The molecule has 3 aromatic carbocycles. The summed E-state index contributed by atoms with van der Waals surface area (Å²) in [5, 5.41) is 21.1. The molecule has 5 N–H and O–H groups in total. The molecule has 15 heteroatoms. The highest BCUT2D eigenvalue weighted by Gasteiger charge is 2.55. The van der Waals surface area contributed by atoms with Gasteiger partial charge in [-0.15, -0.1) is 0 Å². The predicted octanol–water partition coefficient (Wildman–Crippen LogP) is 4.05. The zero-order valence-electron chi connectivity index (χ0n) is 26.5. The van der Waals surface area contributed by atoms with Gasteiger partial charge in [0.25, 0.3) is 5.91 Å². The number of aryl methyl sites for hydroxylation is 2. The van der Waals surface area contributed by atoms with Crippen LogP contribution >= 0.6 is 0 Å². The summed E-state index contributed by atoms with van der Waals surface area (Å²) in [6, 6.07) is 15.4. The Bertz CT molecular complexity index is 1910. The topological polar surface area (TPSA) is 160 Å². The van der Waals surface area contributed by atoms with Crippen LogP contribution in [0, 0.1) is 13.8 Å². The van der Waals surface area contributed by atoms with Gasteiger partial charge < -0.3 is 21.5 Å². The van der Waals surface area contributed by atoms with Crippen molar-refractivity contribution in [2.75, 3.05) is 25.0 Å². The van der Waals surface area contributed by atoms with Crippen LogP contribution in [0.5, 0.6) is 0 Å². The number of nitrogens with one attached hydrogen (secondary N) is 2. The number of hydrogen-bond donors (Lipinski definition) is 4. The maximum absolute atomic E-state index is 14.4. The summed E-state index contributed by atoms with van der Waals surface area (Å²) in [6.45, 7) is 5.19. The lowest BCUT2D eigenvalue weighted by Gasteiger charge is -2.35. The van der Waals surface area contributed by atoms with Crippen LogP contribution in [0.15, 0.2) is 71.8 Å². The van der Waals surface area contributed by atoms with E-state index in [1.54, 1.807) is 38.1 Å². The molecule has 2 amide bonds. The lowest BCUT2D eigenvalue weighted by molar-refractivity contribution is -0.255. The van der Waals surface area contributed by atoms with Gasteiger partial charge in [-0.2, -0.15) is 22.6 Å². The molecule has 1 aromatic heterocycles. The minimum Gasteiger partial charge on any atom is -0.381 e. The lowest BCUT2D eigenvalue weighted by atomic mass is 10.0. The molecule has 1 atom stereocenters. The summed E-state index contributed by atoms with van der Waals surface area (Å²) in [5.41, 5.74) is 3.38. The number of alkyl halides is 3. The van der Waals surface area contributed by atoms with Crippen molar-refractivity contribution in [3.63, 3.8) is 0 Å². The summed E-state index contributed by atoms with van der Waals surface area (Å²) in [7, 11) is -4.36. The largest absolute Gasteiger partial charge is 0.420 e. The first-order chi connectivity index (χ1) is 21.8. The highest BCUT2D eigenvalue weighted by Crippen LogP contribution is 2.35. The maximum atomic E-state index is 14.4. The Labute approximate surface area is 270 Å². The predicted molar refractivity (Wildman–Crippen MR) is 172 cm³/mol.